The normalized spacial score (nSPS) is 16.4. The van der Waals surface area contributed by atoms with Crippen LogP contribution in [0.15, 0.2) is 36.5 Å². The number of anilines is 1. The van der Waals surface area contributed by atoms with Crippen molar-refractivity contribution in [2.24, 2.45) is 0 Å². The summed E-state index contributed by atoms with van der Waals surface area (Å²) in [5.74, 6) is 1.31. The molecule has 1 aromatic carbocycles. The Hall–Kier alpha value is -1.85. The first-order valence-electron chi connectivity index (χ1n) is 7.43. The number of nitrogens with zero attached hydrogens (tertiary/aromatic N) is 3. The Kier molecular flexibility index (Phi) is 4.75. The standard InChI is InChI=1S/C16H19ClN4O/c1-12(13-2-4-14(17)5-3-13)22-15-6-7-19-16(20-15)21-10-8-18-9-11-21/h2-7,12,18H,8-11H2,1H3. The third-order valence-electron chi connectivity index (χ3n) is 3.65. The number of halogens is 1. The second-order valence-corrected chi connectivity index (χ2v) is 5.68. The molecule has 0 radical (unpaired) electrons. The lowest BCUT2D eigenvalue weighted by Crippen LogP contribution is -2.44. The molecule has 22 heavy (non-hydrogen) atoms. The van der Waals surface area contributed by atoms with Crippen LogP contribution in [0.2, 0.25) is 5.02 Å². The molecule has 2 aromatic rings. The number of nitrogens with one attached hydrogen (secondary N) is 1. The van der Waals surface area contributed by atoms with Gasteiger partial charge in [0.05, 0.1) is 0 Å². The zero-order valence-electron chi connectivity index (χ0n) is 12.5. The van der Waals surface area contributed by atoms with E-state index in [0.717, 1.165) is 42.7 Å². The molecule has 1 unspecified atom stereocenters. The number of piperazine rings is 1. The molecule has 3 rings (SSSR count). The topological polar surface area (TPSA) is 50.3 Å². The van der Waals surface area contributed by atoms with E-state index in [9.17, 15) is 0 Å². The fourth-order valence-corrected chi connectivity index (χ4v) is 2.52. The number of hydrogen-bond donors (Lipinski definition) is 1. The minimum Gasteiger partial charge on any atom is -0.470 e. The van der Waals surface area contributed by atoms with Gasteiger partial charge in [0.15, 0.2) is 0 Å². The smallest absolute Gasteiger partial charge is 0.228 e. The van der Waals surface area contributed by atoms with Crippen molar-refractivity contribution in [2.75, 3.05) is 31.1 Å². The highest BCUT2D eigenvalue weighted by atomic mass is 35.5. The molecule has 0 saturated carbocycles. The van der Waals surface area contributed by atoms with Crippen LogP contribution in [0.5, 0.6) is 5.88 Å². The third-order valence-corrected chi connectivity index (χ3v) is 3.91. The van der Waals surface area contributed by atoms with Crippen LogP contribution in [0, 0.1) is 0 Å². The summed E-state index contributed by atoms with van der Waals surface area (Å²) >= 11 is 5.91. The molecule has 1 atom stereocenters. The van der Waals surface area contributed by atoms with E-state index in [1.165, 1.54) is 0 Å². The van der Waals surface area contributed by atoms with E-state index >= 15 is 0 Å². The maximum atomic E-state index is 5.94. The Morgan fingerprint density at radius 2 is 1.91 bits per heavy atom. The predicted octanol–water partition coefficient (Wildman–Crippen LogP) is 2.68. The van der Waals surface area contributed by atoms with Crippen molar-refractivity contribution >= 4 is 17.5 Å². The van der Waals surface area contributed by atoms with Gasteiger partial charge in [0.25, 0.3) is 0 Å². The largest absolute Gasteiger partial charge is 0.470 e. The number of aromatic nitrogens is 2. The molecular weight excluding hydrogens is 300 g/mol. The summed E-state index contributed by atoms with van der Waals surface area (Å²) in [5.41, 5.74) is 1.06. The molecule has 1 aliphatic rings. The van der Waals surface area contributed by atoms with Gasteiger partial charge in [0.1, 0.15) is 6.10 Å². The maximum Gasteiger partial charge on any atom is 0.228 e. The number of benzene rings is 1. The van der Waals surface area contributed by atoms with E-state index in [1.54, 1.807) is 12.3 Å². The van der Waals surface area contributed by atoms with Crippen LogP contribution in [0.25, 0.3) is 0 Å². The summed E-state index contributed by atoms with van der Waals surface area (Å²) in [7, 11) is 0. The van der Waals surface area contributed by atoms with Gasteiger partial charge in [-0.05, 0) is 24.6 Å². The molecule has 5 nitrogen and oxygen atoms in total. The molecule has 0 spiro atoms. The maximum absolute atomic E-state index is 5.94. The van der Waals surface area contributed by atoms with E-state index in [4.69, 9.17) is 16.3 Å². The Bertz CT molecular complexity index is 614. The van der Waals surface area contributed by atoms with Crippen LogP contribution >= 0.6 is 11.6 Å². The van der Waals surface area contributed by atoms with Crippen LogP contribution in [0.3, 0.4) is 0 Å². The molecule has 1 saturated heterocycles. The highest BCUT2D eigenvalue weighted by Crippen LogP contribution is 2.22. The molecule has 0 aliphatic carbocycles. The van der Waals surface area contributed by atoms with Crippen molar-refractivity contribution in [1.82, 2.24) is 15.3 Å². The van der Waals surface area contributed by atoms with Crippen molar-refractivity contribution in [3.63, 3.8) is 0 Å². The summed E-state index contributed by atoms with van der Waals surface area (Å²) in [6, 6.07) is 9.45. The lowest BCUT2D eigenvalue weighted by Gasteiger charge is -2.27. The molecule has 1 aliphatic heterocycles. The molecule has 1 fully saturated rings. The van der Waals surface area contributed by atoms with E-state index in [2.05, 4.69) is 20.2 Å². The molecule has 116 valence electrons. The van der Waals surface area contributed by atoms with Crippen molar-refractivity contribution in [3.05, 3.63) is 47.1 Å². The van der Waals surface area contributed by atoms with Gasteiger partial charge in [-0.2, -0.15) is 4.98 Å². The number of hydrogen-bond acceptors (Lipinski definition) is 5. The molecule has 0 bridgehead atoms. The first kappa shape index (κ1) is 15.1. The molecule has 1 N–H and O–H groups in total. The average molecular weight is 319 g/mol. The van der Waals surface area contributed by atoms with Crippen molar-refractivity contribution in [2.45, 2.75) is 13.0 Å². The Morgan fingerprint density at radius 3 is 2.64 bits per heavy atom. The summed E-state index contributed by atoms with van der Waals surface area (Å²) in [6.07, 6.45) is 1.65. The fraction of sp³-hybridized carbons (Fsp3) is 0.375. The molecule has 2 heterocycles. The summed E-state index contributed by atoms with van der Waals surface area (Å²) in [4.78, 5) is 11.0. The van der Waals surface area contributed by atoms with Crippen LogP contribution in [0.1, 0.15) is 18.6 Å². The van der Waals surface area contributed by atoms with Crippen LogP contribution in [-0.2, 0) is 0 Å². The van der Waals surface area contributed by atoms with E-state index in [-0.39, 0.29) is 6.10 Å². The van der Waals surface area contributed by atoms with Crippen molar-refractivity contribution < 1.29 is 4.74 Å². The average Bonchev–Trinajstić information content (AvgIpc) is 2.56. The Balaban J connectivity index is 1.70. The second kappa shape index (κ2) is 6.94. The van der Waals surface area contributed by atoms with Gasteiger partial charge < -0.3 is 15.0 Å². The molecular formula is C16H19ClN4O. The van der Waals surface area contributed by atoms with Crippen LogP contribution < -0.4 is 15.0 Å². The second-order valence-electron chi connectivity index (χ2n) is 5.24. The minimum atomic E-state index is -0.0944. The van der Waals surface area contributed by atoms with Gasteiger partial charge in [-0.3, -0.25) is 0 Å². The molecule has 1 aromatic heterocycles. The Labute approximate surface area is 135 Å². The highest BCUT2D eigenvalue weighted by Gasteiger charge is 2.14. The van der Waals surface area contributed by atoms with Crippen LogP contribution in [0.4, 0.5) is 5.95 Å². The molecule has 6 heteroatoms. The van der Waals surface area contributed by atoms with Gasteiger partial charge in [0, 0.05) is 43.5 Å². The number of rotatable bonds is 4. The quantitative estimate of drug-likeness (QED) is 0.939. The lowest BCUT2D eigenvalue weighted by molar-refractivity contribution is 0.217. The van der Waals surface area contributed by atoms with Gasteiger partial charge in [-0.1, -0.05) is 23.7 Å². The minimum absolute atomic E-state index is 0.0944. The summed E-state index contributed by atoms with van der Waals surface area (Å²) in [6.45, 7) is 5.73. The predicted molar refractivity (Wildman–Crippen MR) is 87.6 cm³/mol. The van der Waals surface area contributed by atoms with Gasteiger partial charge in [-0.15, -0.1) is 0 Å². The summed E-state index contributed by atoms with van der Waals surface area (Å²) in [5, 5.41) is 4.04. The highest BCUT2D eigenvalue weighted by molar-refractivity contribution is 6.30. The third kappa shape index (κ3) is 3.67. The van der Waals surface area contributed by atoms with Gasteiger partial charge >= 0.3 is 0 Å². The van der Waals surface area contributed by atoms with Gasteiger partial charge in [0.2, 0.25) is 11.8 Å². The summed E-state index contributed by atoms with van der Waals surface area (Å²) < 4.78 is 5.94. The zero-order valence-corrected chi connectivity index (χ0v) is 13.3. The first-order chi connectivity index (χ1) is 10.7. The lowest BCUT2D eigenvalue weighted by atomic mass is 10.1. The fourth-order valence-electron chi connectivity index (χ4n) is 2.40. The molecule has 0 amide bonds. The first-order valence-corrected chi connectivity index (χ1v) is 7.81. The van der Waals surface area contributed by atoms with Gasteiger partial charge in [-0.25, -0.2) is 4.98 Å². The SMILES string of the molecule is CC(Oc1ccnc(N2CCNCC2)n1)c1ccc(Cl)cc1. The van der Waals surface area contributed by atoms with Crippen LogP contribution in [-0.4, -0.2) is 36.1 Å². The van der Waals surface area contributed by atoms with Crippen molar-refractivity contribution in [1.29, 1.82) is 0 Å². The number of ether oxygens (including phenoxy) is 1. The van der Waals surface area contributed by atoms with E-state index < -0.39 is 0 Å². The van der Waals surface area contributed by atoms with Crippen molar-refractivity contribution in [3.8, 4) is 5.88 Å². The Morgan fingerprint density at radius 1 is 1.18 bits per heavy atom. The van der Waals surface area contributed by atoms with E-state index in [0.29, 0.717) is 5.88 Å². The monoisotopic (exact) mass is 318 g/mol. The zero-order chi connectivity index (χ0) is 15.4. The van der Waals surface area contributed by atoms with E-state index in [1.807, 2.05) is 31.2 Å².